The molecule has 0 rings (SSSR count). The van der Waals surface area contributed by atoms with Gasteiger partial charge in [-0.1, -0.05) is 32.6 Å². The Morgan fingerprint density at radius 1 is 1.21 bits per heavy atom. The van der Waals surface area contributed by atoms with Gasteiger partial charge < -0.3 is 14.9 Å². The molecular formula is C14H27ClO4. The van der Waals surface area contributed by atoms with Crippen LogP contribution in [0, 0.1) is 5.92 Å². The summed E-state index contributed by atoms with van der Waals surface area (Å²) in [7, 11) is 0. The van der Waals surface area contributed by atoms with Gasteiger partial charge in [0.05, 0.1) is 5.92 Å². The van der Waals surface area contributed by atoms with E-state index in [1.165, 1.54) is 0 Å². The van der Waals surface area contributed by atoms with Crippen LogP contribution in [0.2, 0.25) is 0 Å². The standard InChI is InChI=1S/C14H27ClO4/c1-2-3-8-12(14(17)18)11-13(16)19-10-7-5-4-6-9-15/h12-13,16H,2-11H2,1H3,(H,17,18). The van der Waals surface area contributed by atoms with E-state index in [0.29, 0.717) is 18.9 Å². The van der Waals surface area contributed by atoms with Gasteiger partial charge in [-0.15, -0.1) is 11.6 Å². The van der Waals surface area contributed by atoms with Gasteiger partial charge in [-0.2, -0.15) is 0 Å². The van der Waals surface area contributed by atoms with E-state index in [9.17, 15) is 9.90 Å². The molecule has 0 fully saturated rings. The molecule has 0 saturated carbocycles. The summed E-state index contributed by atoms with van der Waals surface area (Å²) in [5.74, 6) is -0.675. The maximum Gasteiger partial charge on any atom is 0.306 e. The zero-order chi connectivity index (χ0) is 14.5. The van der Waals surface area contributed by atoms with E-state index in [-0.39, 0.29) is 6.42 Å². The van der Waals surface area contributed by atoms with Crippen LogP contribution in [0.1, 0.15) is 58.3 Å². The fourth-order valence-corrected chi connectivity index (χ4v) is 2.06. The molecule has 0 aromatic rings. The lowest BCUT2D eigenvalue weighted by atomic mass is 9.98. The molecule has 2 atom stereocenters. The fourth-order valence-electron chi connectivity index (χ4n) is 1.87. The highest BCUT2D eigenvalue weighted by Crippen LogP contribution is 2.16. The number of rotatable bonds is 13. The van der Waals surface area contributed by atoms with E-state index in [1.54, 1.807) is 0 Å². The number of carboxylic acids is 1. The summed E-state index contributed by atoms with van der Waals surface area (Å²) >= 11 is 5.57. The third kappa shape index (κ3) is 11.2. The molecule has 0 spiro atoms. The molecular weight excluding hydrogens is 268 g/mol. The van der Waals surface area contributed by atoms with E-state index >= 15 is 0 Å². The van der Waals surface area contributed by atoms with Crippen LogP contribution in [0.5, 0.6) is 0 Å². The zero-order valence-corrected chi connectivity index (χ0v) is 12.6. The van der Waals surface area contributed by atoms with Crippen LogP contribution in [-0.2, 0) is 9.53 Å². The lowest BCUT2D eigenvalue weighted by Gasteiger charge is -2.17. The SMILES string of the molecule is CCCCC(CC(O)OCCCCCCCl)C(=O)O. The van der Waals surface area contributed by atoms with Gasteiger partial charge in [-0.25, -0.2) is 0 Å². The van der Waals surface area contributed by atoms with Crippen molar-refractivity contribution in [2.24, 2.45) is 5.92 Å². The summed E-state index contributed by atoms with van der Waals surface area (Å²) in [6.45, 7) is 2.50. The first kappa shape index (κ1) is 18.7. The number of unbranched alkanes of at least 4 members (excludes halogenated alkanes) is 4. The minimum Gasteiger partial charge on any atom is -0.481 e. The van der Waals surface area contributed by atoms with Crippen LogP contribution in [0.15, 0.2) is 0 Å². The highest BCUT2D eigenvalue weighted by atomic mass is 35.5. The van der Waals surface area contributed by atoms with Crippen molar-refractivity contribution in [2.75, 3.05) is 12.5 Å². The van der Waals surface area contributed by atoms with Crippen LogP contribution < -0.4 is 0 Å². The number of aliphatic hydroxyl groups is 1. The molecule has 2 N–H and O–H groups in total. The van der Waals surface area contributed by atoms with Gasteiger partial charge in [0, 0.05) is 18.9 Å². The van der Waals surface area contributed by atoms with E-state index < -0.39 is 18.2 Å². The van der Waals surface area contributed by atoms with Gasteiger partial charge in [0.1, 0.15) is 0 Å². The number of carboxylic acid groups (broad SMARTS) is 1. The van der Waals surface area contributed by atoms with Crippen molar-refractivity contribution in [1.82, 2.24) is 0 Å². The van der Waals surface area contributed by atoms with E-state index in [2.05, 4.69) is 0 Å². The van der Waals surface area contributed by atoms with Crippen LogP contribution >= 0.6 is 11.6 Å². The number of ether oxygens (including phenoxy) is 1. The summed E-state index contributed by atoms with van der Waals surface area (Å²) in [4.78, 5) is 11.0. The zero-order valence-electron chi connectivity index (χ0n) is 11.8. The first-order valence-corrected chi connectivity index (χ1v) is 7.73. The molecule has 0 aliphatic carbocycles. The van der Waals surface area contributed by atoms with Crippen LogP contribution in [-0.4, -0.2) is 35.0 Å². The quantitative estimate of drug-likeness (QED) is 0.310. The van der Waals surface area contributed by atoms with Crippen molar-refractivity contribution in [3.63, 3.8) is 0 Å². The average molecular weight is 295 g/mol. The summed E-state index contributed by atoms with van der Waals surface area (Å²) in [5, 5.41) is 18.7. The Morgan fingerprint density at radius 3 is 2.47 bits per heavy atom. The average Bonchev–Trinajstić information content (AvgIpc) is 2.38. The van der Waals surface area contributed by atoms with Gasteiger partial charge >= 0.3 is 5.97 Å². The van der Waals surface area contributed by atoms with Crippen molar-refractivity contribution in [3.8, 4) is 0 Å². The largest absolute Gasteiger partial charge is 0.481 e. The predicted octanol–water partition coefficient (Wildman–Crippen LogP) is 3.40. The third-order valence-corrected chi connectivity index (χ3v) is 3.35. The molecule has 114 valence electrons. The van der Waals surface area contributed by atoms with E-state index in [0.717, 1.165) is 38.5 Å². The smallest absolute Gasteiger partial charge is 0.306 e. The van der Waals surface area contributed by atoms with Crippen molar-refractivity contribution in [3.05, 3.63) is 0 Å². The van der Waals surface area contributed by atoms with Gasteiger partial charge in [-0.05, 0) is 19.3 Å². The molecule has 0 aliphatic heterocycles. The molecule has 0 saturated heterocycles. The number of hydrogen-bond acceptors (Lipinski definition) is 3. The highest BCUT2D eigenvalue weighted by Gasteiger charge is 2.21. The third-order valence-electron chi connectivity index (χ3n) is 3.08. The van der Waals surface area contributed by atoms with Crippen LogP contribution in [0.25, 0.3) is 0 Å². The lowest BCUT2D eigenvalue weighted by molar-refractivity contribution is -0.151. The summed E-state index contributed by atoms with van der Waals surface area (Å²) < 4.78 is 5.24. The molecule has 0 aliphatic rings. The predicted molar refractivity (Wildman–Crippen MR) is 76.4 cm³/mol. The van der Waals surface area contributed by atoms with Crippen LogP contribution in [0.3, 0.4) is 0 Å². The molecule has 19 heavy (non-hydrogen) atoms. The molecule has 0 radical (unpaired) electrons. The van der Waals surface area contributed by atoms with Crippen LogP contribution in [0.4, 0.5) is 0 Å². The minimum absolute atomic E-state index is 0.178. The number of halogens is 1. The first-order valence-electron chi connectivity index (χ1n) is 7.20. The molecule has 0 aromatic heterocycles. The Morgan fingerprint density at radius 2 is 1.89 bits per heavy atom. The number of aliphatic hydroxyl groups excluding tert-OH is 1. The Kier molecular flexibility index (Phi) is 12.5. The van der Waals surface area contributed by atoms with Gasteiger partial charge in [0.15, 0.2) is 6.29 Å². The number of aliphatic carboxylic acids is 1. The molecule has 2 unspecified atom stereocenters. The van der Waals surface area contributed by atoms with E-state index in [4.69, 9.17) is 21.4 Å². The van der Waals surface area contributed by atoms with Crippen molar-refractivity contribution in [2.45, 2.75) is 64.6 Å². The van der Waals surface area contributed by atoms with Gasteiger partial charge in [-0.3, -0.25) is 4.79 Å². The summed E-state index contributed by atoms with van der Waals surface area (Å²) in [6, 6.07) is 0. The fraction of sp³-hybridized carbons (Fsp3) is 0.929. The second-order valence-electron chi connectivity index (χ2n) is 4.84. The molecule has 5 heteroatoms. The molecule has 0 bridgehead atoms. The monoisotopic (exact) mass is 294 g/mol. The topological polar surface area (TPSA) is 66.8 Å². The minimum atomic E-state index is -0.967. The Labute approximate surface area is 121 Å². The Balaban J connectivity index is 3.68. The lowest BCUT2D eigenvalue weighted by Crippen LogP contribution is -2.23. The van der Waals surface area contributed by atoms with Crippen molar-refractivity contribution >= 4 is 17.6 Å². The second-order valence-corrected chi connectivity index (χ2v) is 5.22. The molecule has 0 aromatic carbocycles. The van der Waals surface area contributed by atoms with Crippen molar-refractivity contribution < 1.29 is 19.7 Å². The normalized spacial score (nSPS) is 14.3. The highest BCUT2D eigenvalue weighted by molar-refractivity contribution is 6.17. The maximum absolute atomic E-state index is 11.0. The van der Waals surface area contributed by atoms with Crippen molar-refractivity contribution in [1.29, 1.82) is 0 Å². The molecule has 4 nitrogen and oxygen atoms in total. The molecule has 0 amide bonds. The first-order chi connectivity index (χ1) is 9.11. The number of alkyl halides is 1. The molecule has 0 heterocycles. The maximum atomic E-state index is 11.0. The van der Waals surface area contributed by atoms with Gasteiger partial charge in [0.2, 0.25) is 0 Å². The Bertz CT molecular complexity index is 223. The number of hydrogen-bond donors (Lipinski definition) is 2. The van der Waals surface area contributed by atoms with Gasteiger partial charge in [0.25, 0.3) is 0 Å². The number of carbonyl (C=O) groups is 1. The Hall–Kier alpha value is -0.320. The summed E-state index contributed by atoms with van der Waals surface area (Å²) in [6.07, 6.45) is 5.60. The van der Waals surface area contributed by atoms with E-state index in [1.807, 2.05) is 6.92 Å². The summed E-state index contributed by atoms with van der Waals surface area (Å²) in [5.41, 5.74) is 0. The second kappa shape index (κ2) is 12.7.